The third kappa shape index (κ3) is 2.60. The van der Waals surface area contributed by atoms with Crippen molar-refractivity contribution in [2.45, 2.75) is 18.4 Å². The molecule has 1 aromatic heterocycles. The highest BCUT2D eigenvalue weighted by molar-refractivity contribution is 7.84. The van der Waals surface area contributed by atoms with E-state index in [1.54, 1.807) is 0 Å². The largest absolute Gasteiger partial charge is 0.259 e. The fourth-order valence-corrected chi connectivity index (χ4v) is 1.76. The molecule has 0 aliphatic carbocycles. The first-order valence-corrected chi connectivity index (χ1v) is 5.20. The van der Waals surface area contributed by atoms with E-state index in [4.69, 9.17) is 5.26 Å². The van der Waals surface area contributed by atoms with Crippen LogP contribution in [0.3, 0.4) is 0 Å². The van der Waals surface area contributed by atoms with Crippen molar-refractivity contribution in [3.05, 3.63) is 18.1 Å². The minimum absolute atomic E-state index is 0.210. The number of hydrogen-bond acceptors (Lipinski definition) is 4. The molecule has 0 fully saturated rings. The van der Waals surface area contributed by atoms with Crippen molar-refractivity contribution in [1.82, 2.24) is 9.97 Å². The average Bonchev–Trinajstić information content (AvgIpc) is 2.18. The number of nitriles is 1. The number of aromatic nitrogens is 2. The third-order valence-electron chi connectivity index (χ3n) is 1.35. The molecule has 0 spiro atoms. The molecule has 1 aromatic rings. The first-order valence-electron chi connectivity index (χ1n) is 3.88. The van der Waals surface area contributed by atoms with Crippen molar-refractivity contribution in [3.63, 3.8) is 0 Å². The smallest absolute Gasteiger partial charge is 0.160 e. The molecule has 1 rings (SSSR count). The summed E-state index contributed by atoms with van der Waals surface area (Å²) in [6.45, 7) is 1.94. The maximum absolute atomic E-state index is 11.4. The predicted octanol–water partition coefficient (Wildman–Crippen LogP) is 0.866. The third-order valence-corrected chi connectivity index (χ3v) is 2.79. The summed E-state index contributed by atoms with van der Waals surface area (Å²) in [7, 11) is -1.12. The first-order chi connectivity index (χ1) is 6.27. The van der Waals surface area contributed by atoms with Gasteiger partial charge in [0.05, 0.1) is 23.2 Å². The quantitative estimate of drug-likeness (QED) is 0.717. The molecule has 0 radical (unpaired) electrons. The van der Waals surface area contributed by atoms with Gasteiger partial charge in [-0.25, -0.2) is 4.98 Å². The zero-order valence-corrected chi connectivity index (χ0v) is 8.04. The Morgan fingerprint density at radius 3 is 3.00 bits per heavy atom. The Morgan fingerprint density at radius 2 is 2.38 bits per heavy atom. The molecule has 5 heteroatoms. The standard InChI is InChI=1S/C8H9N3OS/c1-2-3-13(12)8-6-10-5-7(4-9)11-8/h5-6H,2-3H2,1H3. The summed E-state index contributed by atoms with van der Waals surface area (Å²) in [4.78, 5) is 7.67. The van der Waals surface area contributed by atoms with Gasteiger partial charge in [-0.3, -0.25) is 9.19 Å². The highest BCUT2D eigenvalue weighted by atomic mass is 32.2. The molecule has 0 aliphatic heterocycles. The molecule has 13 heavy (non-hydrogen) atoms. The zero-order valence-electron chi connectivity index (χ0n) is 7.23. The van der Waals surface area contributed by atoms with Crippen molar-refractivity contribution in [2.24, 2.45) is 0 Å². The van der Waals surface area contributed by atoms with Gasteiger partial charge < -0.3 is 0 Å². The van der Waals surface area contributed by atoms with Crippen LogP contribution < -0.4 is 0 Å². The molecule has 1 heterocycles. The van der Waals surface area contributed by atoms with E-state index in [1.165, 1.54) is 12.4 Å². The Balaban J connectivity index is 2.90. The van der Waals surface area contributed by atoms with Crippen molar-refractivity contribution < 1.29 is 4.21 Å². The monoisotopic (exact) mass is 195 g/mol. The van der Waals surface area contributed by atoms with Crippen LogP contribution in [-0.2, 0) is 10.8 Å². The van der Waals surface area contributed by atoms with Crippen LogP contribution in [0.4, 0.5) is 0 Å². The summed E-state index contributed by atoms with van der Waals surface area (Å²) in [5.74, 6) is 0.559. The molecule has 1 atom stereocenters. The van der Waals surface area contributed by atoms with E-state index in [0.717, 1.165) is 6.42 Å². The number of nitrogens with zero attached hydrogens (tertiary/aromatic N) is 3. The lowest BCUT2D eigenvalue weighted by Crippen LogP contribution is -2.01. The molecular weight excluding hydrogens is 186 g/mol. The van der Waals surface area contributed by atoms with Crippen LogP contribution in [0.15, 0.2) is 17.4 Å². The summed E-state index contributed by atoms with van der Waals surface area (Å²) in [6, 6.07) is 1.86. The van der Waals surface area contributed by atoms with E-state index in [2.05, 4.69) is 9.97 Å². The first kappa shape index (κ1) is 9.81. The molecular formula is C8H9N3OS. The van der Waals surface area contributed by atoms with E-state index >= 15 is 0 Å². The van der Waals surface area contributed by atoms with Gasteiger partial charge in [0.2, 0.25) is 0 Å². The molecule has 0 saturated heterocycles. The predicted molar refractivity (Wildman–Crippen MR) is 48.3 cm³/mol. The van der Waals surface area contributed by atoms with Crippen molar-refractivity contribution in [1.29, 1.82) is 5.26 Å². The second-order valence-corrected chi connectivity index (χ2v) is 3.92. The van der Waals surface area contributed by atoms with Crippen LogP contribution in [0.5, 0.6) is 0 Å². The minimum Gasteiger partial charge on any atom is -0.259 e. The van der Waals surface area contributed by atoms with Gasteiger partial charge >= 0.3 is 0 Å². The maximum Gasteiger partial charge on any atom is 0.160 e. The SMILES string of the molecule is CCCS(=O)c1cncc(C#N)n1. The van der Waals surface area contributed by atoms with Crippen LogP contribution in [-0.4, -0.2) is 19.9 Å². The lowest BCUT2D eigenvalue weighted by atomic mass is 10.5. The van der Waals surface area contributed by atoms with E-state index in [-0.39, 0.29) is 5.69 Å². The Hall–Kier alpha value is -1.28. The molecule has 0 amide bonds. The highest BCUT2D eigenvalue weighted by Gasteiger charge is 2.05. The second-order valence-electron chi connectivity index (χ2n) is 2.40. The number of hydrogen-bond donors (Lipinski definition) is 0. The van der Waals surface area contributed by atoms with Gasteiger partial charge in [-0.05, 0) is 6.42 Å². The normalized spacial score (nSPS) is 12.0. The topological polar surface area (TPSA) is 66.6 Å². The molecule has 4 nitrogen and oxygen atoms in total. The highest BCUT2D eigenvalue weighted by Crippen LogP contribution is 2.02. The van der Waals surface area contributed by atoms with Crippen molar-refractivity contribution >= 4 is 10.8 Å². The Bertz CT molecular complexity index is 359. The van der Waals surface area contributed by atoms with Gasteiger partial charge in [-0.1, -0.05) is 6.92 Å². The molecule has 68 valence electrons. The summed E-state index contributed by atoms with van der Waals surface area (Å²) in [5.41, 5.74) is 0.210. The van der Waals surface area contributed by atoms with Gasteiger partial charge in [0.25, 0.3) is 0 Å². The van der Waals surface area contributed by atoms with Crippen LogP contribution in [0.25, 0.3) is 0 Å². The second kappa shape index (κ2) is 4.67. The lowest BCUT2D eigenvalue weighted by molar-refractivity contribution is 0.678. The Kier molecular flexibility index (Phi) is 3.53. The summed E-state index contributed by atoms with van der Waals surface area (Å²) in [5, 5.41) is 8.91. The number of rotatable bonds is 3. The van der Waals surface area contributed by atoms with Crippen LogP contribution in [0.2, 0.25) is 0 Å². The average molecular weight is 195 g/mol. The zero-order chi connectivity index (χ0) is 9.68. The Morgan fingerprint density at radius 1 is 1.62 bits per heavy atom. The van der Waals surface area contributed by atoms with Gasteiger partial charge in [0.15, 0.2) is 5.69 Å². The Labute approximate surface area is 79.1 Å². The fraction of sp³-hybridized carbons (Fsp3) is 0.375. The molecule has 0 aromatic carbocycles. The van der Waals surface area contributed by atoms with E-state index in [0.29, 0.717) is 10.8 Å². The molecule has 0 saturated carbocycles. The minimum atomic E-state index is -1.12. The van der Waals surface area contributed by atoms with E-state index in [9.17, 15) is 4.21 Å². The maximum atomic E-state index is 11.4. The van der Waals surface area contributed by atoms with Crippen molar-refractivity contribution in [3.8, 4) is 6.07 Å². The molecule has 0 bridgehead atoms. The van der Waals surface area contributed by atoms with Crippen LogP contribution in [0.1, 0.15) is 19.0 Å². The molecule has 1 unspecified atom stereocenters. The van der Waals surface area contributed by atoms with Crippen LogP contribution in [0, 0.1) is 11.3 Å². The fourth-order valence-electron chi connectivity index (χ4n) is 0.802. The van der Waals surface area contributed by atoms with E-state index in [1.807, 2.05) is 13.0 Å². The van der Waals surface area contributed by atoms with Gasteiger partial charge in [0.1, 0.15) is 11.1 Å². The van der Waals surface area contributed by atoms with Gasteiger partial charge in [0, 0.05) is 5.75 Å². The van der Waals surface area contributed by atoms with Crippen LogP contribution >= 0.6 is 0 Å². The van der Waals surface area contributed by atoms with Gasteiger partial charge in [-0.15, -0.1) is 0 Å². The summed E-state index contributed by atoms with van der Waals surface area (Å²) < 4.78 is 11.4. The van der Waals surface area contributed by atoms with E-state index < -0.39 is 10.8 Å². The van der Waals surface area contributed by atoms with Crippen molar-refractivity contribution in [2.75, 3.05) is 5.75 Å². The molecule has 0 N–H and O–H groups in total. The lowest BCUT2D eigenvalue weighted by Gasteiger charge is -1.97. The molecule has 0 aliphatic rings. The summed E-state index contributed by atoms with van der Waals surface area (Å²) >= 11 is 0. The summed E-state index contributed by atoms with van der Waals surface area (Å²) in [6.07, 6.45) is 3.62. The van der Waals surface area contributed by atoms with Gasteiger partial charge in [-0.2, -0.15) is 5.26 Å².